The number of hydrogen-bond acceptors (Lipinski definition) is 2. The fourth-order valence-electron chi connectivity index (χ4n) is 1.49. The lowest BCUT2D eigenvalue weighted by molar-refractivity contribution is 0.759. The number of fused-ring (bicyclic) bond motifs is 1. The Morgan fingerprint density at radius 1 is 1.41 bits per heavy atom. The lowest BCUT2D eigenvalue weighted by Crippen LogP contribution is -2.20. The van der Waals surface area contributed by atoms with Crippen molar-refractivity contribution in [2.75, 3.05) is 0 Å². The number of halogens is 3. The van der Waals surface area contributed by atoms with Gasteiger partial charge >= 0.3 is 0 Å². The Kier molecular flexibility index (Phi) is 3.43. The summed E-state index contributed by atoms with van der Waals surface area (Å²) < 4.78 is 1.35. The average Bonchev–Trinajstić information content (AvgIpc) is 2.22. The van der Waals surface area contributed by atoms with E-state index >= 15 is 0 Å². The molecule has 1 aromatic carbocycles. The van der Waals surface area contributed by atoms with E-state index in [1.165, 1.54) is 17.0 Å². The van der Waals surface area contributed by atoms with Gasteiger partial charge in [0.05, 0.1) is 28.8 Å². The first-order valence-corrected chi connectivity index (χ1v) is 5.80. The van der Waals surface area contributed by atoms with Crippen LogP contribution in [0.15, 0.2) is 34.9 Å². The zero-order valence-corrected chi connectivity index (χ0v) is 10.9. The van der Waals surface area contributed by atoms with Gasteiger partial charge in [0.1, 0.15) is 0 Å². The molecule has 3 nitrogen and oxygen atoms in total. The highest BCUT2D eigenvalue weighted by molar-refractivity contribution is 6.38. The van der Waals surface area contributed by atoms with Gasteiger partial charge in [-0.15, -0.1) is 0 Å². The van der Waals surface area contributed by atoms with E-state index in [1.54, 1.807) is 6.07 Å². The maximum Gasteiger partial charge on any atom is 0.261 e. The predicted octanol–water partition coefficient (Wildman–Crippen LogP) is 3.46. The Hall–Kier alpha value is -1.03. The summed E-state index contributed by atoms with van der Waals surface area (Å²) in [6.07, 6.45) is 1.39. The zero-order valence-electron chi connectivity index (χ0n) is 8.58. The van der Waals surface area contributed by atoms with E-state index in [4.69, 9.17) is 34.8 Å². The summed E-state index contributed by atoms with van der Waals surface area (Å²) in [5.41, 5.74) is 0.179. The van der Waals surface area contributed by atoms with Crippen LogP contribution in [-0.4, -0.2) is 9.55 Å². The molecular formula is C11H7Cl3N2O. The fourth-order valence-corrected chi connectivity index (χ4v) is 2.16. The van der Waals surface area contributed by atoms with E-state index in [9.17, 15) is 4.79 Å². The summed E-state index contributed by atoms with van der Waals surface area (Å²) in [6, 6.07) is 3.08. The van der Waals surface area contributed by atoms with Gasteiger partial charge in [0, 0.05) is 10.1 Å². The van der Waals surface area contributed by atoms with Crippen LogP contribution in [0.25, 0.3) is 10.9 Å². The van der Waals surface area contributed by atoms with E-state index in [-0.39, 0.29) is 12.1 Å². The first-order valence-electron chi connectivity index (χ1n) is 4.66. The van der Waals surface area contributed by atoms with Gasteiger partial charge in [0.15, 0.2) is 0 Å². The molecule has 0 aliphatic heterocycles. The highest BCUT2D eigenvalue weighted by Gasteiger charge is 2.08. The fraction of sp³-hybridized carbons (Fsp3) is 0.0909. The van der Waals surface area contributed by atoms with Crippen LogP contribution < -0.4 is 5.56 Å². The molecule has 1 heterocycles. The molecule has 0 unspecified atom stereocenters. The first kappa shape index (κ1) is 12.4. The molecule has 0 radical (unpaired) electrons. The van der Waals surface area contributed by atoms with Crippen molar-refractivity contribution in [3.8, 4) is 0 Å². The van der Waals surface area contributed by atoms with Crippen LogP contribution in [0.2, 0.25) is 10.0 Å². The van der Waals surface area contributed by atoms with Gasteiger partial charge in [-0.05, 0) is 12.1 Å². The van der Waals surface area contributed by atoms with Crippen LogP contribution in [-0.2, 0) is 6.54 Å². The number of nitrogens with zero attached hydrogens (tertiary/aromatic N) is 2. The smallest absolute Gasteiger partial charge is 0.261 e. The molecule has 0 spiro atoms. The van der Waals surface area contributed by atoms with E-state index in [0.717, 1.165) is 0 Å². The normalized spacial score (nSPS) is 10.8. The molecule has 0 bridgehead atoms. The third-order valence-corrected chi connectivity index (χ3v) is 2.81. The minimum absolute atomic E-state index is 0.202. The molecule has 0 saturated carbocycles. The lowest BCUT2D eigenvalue weighted by atomic mass is 10.2. The summed E-state index contributed by atoms with van der Waals surface area (Å²) in [4.78, 5) is 16.2. The van der Waals surface area contributed by atoms with E-state index < -0.39 is 0 Å². The number of rotatable bonds is 2. The Balaban J connectivity index is 2.75. The second-order valence-electron chi connectivity index (χ2n) is 3.48. The molecule has 0 aliphatic rings. The lowest BCUT2D eigenvalue weighted by Gasteiger charge is -2.06. The van der Waals surface area contributed by atoms with Crippen molar-refractivity contribution in [1.29, 1.82) is 0 Å². The maximum absolute atomic E-state index is 12.1. The second-order valence-corrected chi connectivity index (χ2v) is 4.86. The van der Waals surface area contributed by atoms with Gasteiger partial charge in [0.25, 0.3) is 5.56 Å². The molecule has 0 fully saturated rings. The SMILES string of the molecule is C=C(Cl)Cn1cnc2c(Cl)cc(Cl)cc2c1=O. The van der Waals surface area contributed by atoms with Gasteiger partial charge in [-0.3, -0.25) is 9.36 Å². The topological polar surface area (TPSA) is 34.9 Å². The number of hydrogen-bond donors (Lipinski definition) is 0. The Bertz CT molecular complexity index is 664. The zero-order chi connectivity index (χ0) is 12.6. The van der Waals surface area contributed by atoms with Gasteiger partial charge in [0.2, 0.25) is 0 Å². The highest BCUT2D eigenvalue weighted by atomic mass is 35.5. The molecule has 17 heavy (non-hydrogen) atoms. The van der Waals surface area contributed by atoms with Crippen molar-refractivity contribution in [3.05, 3.63) is 50.5 Å². The molecule has 2 aromatic rings. The largest absolute Gasteiger partial charge is 0.293 e. The molecule has 0 atom stereocenters. The van der Waals surface area contributed by atoms with Crippen LogP contribution in [0.4, 0.5) is 0 Å². The summed E-state index contributed by atoms with van der Waals surface area (Å²) in [5, 5.41) is 1.45. The van der Waals surface area contributed by atoms with E-state index in [2.05, 4.69) is 11.6 Å². The minimum atomic E-state index is -0.249. The average molecular weight is 290 g/mol. The summed E-state index contributed by atoms with van der Waals surface area (Å²) in [7, 11) is 0. The third kappa shape index (κ3) is 2.46. The van der Waals surface area contributed by atoms with E-state index in [0.29, 0.717) is 26.0 Å². The number of aromatic nitrogens is 2. The van der Waals surface area contributed by atoms with Crippen LogP contribution in [0.3, 0.4) is 0 Å². The summed E-state index contributed by atoms with van der Waals surface area (Å²) >= 11 is 17.5. The molecular weight excluding hydrogens is 282 g/mol. The molecule has 0 amide bonds. The molecule has 0 saturated heterocycles. The van der Waals surface area contributed by atoms with Crippen molar-refractivity contribution in [2.45, 2.75) is 6.54 Å². The molecule has 88 valence electrons. The maximum atomic E-state index is 12.1. The van der Waals surface area contributed by atoms with Crippen LogP contribution in [0.1, 0.15) is 0 Å². The van der Waals surface area contributed by atoms with Gasteiger partial charge in [-0.1, -0.05) is 41.4 Å². The highest BCUT2D eigenvalue weighted by Crippen LogP contribution is 2.23. The van der Waals surface area contributed by atoms with Crippen molar-refractivity contribution < 1.29 is 0 Å². The standard InChI is InChI=1S/C11H7Cl3N2O/c1-6(12)4-16-5-15-10-8(11(16)17)2-7(13)3-9(10)14/h2-3,5H,1,4H2. The van der Waals surface area contributed by atoms with Crippen LogP contribution in [0, 0.1) is 0 Å². The summed E-state index contributed by atoms with van der Waals surface area (Å²) in [5.74, 6) is 0. The third-order valence-electron chi connectivity index (χ3n) is 2.19. The van der Waals surface area contributed by atoms with Crippen molar-refractivity contribution in [2.24, 2.45) is 0 Å². The molecule has 2 rings (SSSR count). The second kappa shape index (κ2) is 4.69. The quantitative estimate of drug-likeness (QED) is 0.848. The summed E-state index contributed by atoms with van der Waals surface area (Å²) in [6.45, 7) is 3.73. The minimum Gasteiger partial charge on any atom is -0.293 e. The molecule has 1 aromatic heterocycles. The number of benzene rings is 1. The van der Waals surface area contributed by atoms with Crippen LogP contribution >= 0.6 is 34.8 Å². The molecule has 0 N–H and O–H groups in total. The van der Waals surface area contributed by atoms with Crippen molar-refractivity contribution in [1.82, 2.24) is 9.55 Å². The Morgan fingerprint density at radius 3 is 2.76 bits per heavy atom. The van der Waals surface area contributed by atoms with Gasteiger partial charge < -0.3 is 0 Å². The van der Waals surface area contributed by atoms with E-state index in [1.807, 2.05) is 0 Å². The first-order chi connectivity index (χ1) is 7.99. The van der Waals surface area contributed by atoms with Gasteiger partial charge in [-0.25, -0.2) is 4.98 Å². The molecule has 0 aliphatic carbocycles. The monoisotopic (exact) mass is 288 g/mol. The predicted molar refractivity (Wildman–Crippen MR) is 71.0 cm³/mol. The number of allylic oxidation sites excluding steroid dienone is 1. The van der Waals surface area contributed by atoms with Crippen LogP contribution in [0.5, 0.6) is 0 Å². The van der Waals surface area contributed by atoms with Crippen molar-refractivity contribution >= 4 is 45.7 Å². The Morgan fingerprint density at radius 2 is 2.12 bits per heavy atom. The Labute approximate surface area is 112 Å². The molecule has 6 heteroatoms. The van der Waals surface area contributed by atoms with Gasteiger partial charge in [-0.2, -0.15) is 0 Å². The van der Waals surface area contributed by atoms with Crippen molar-refractivity contribution in [3.63, 3.8) is 0 Å².